The summed E-state index contributed by atoms with van der Waals surface area (Å²) in [7, 11) is 0. The van der Waals surface area contributed by atoms with Gasteiger partial charge in [0.25, 0.3) is 0 Å². The Balaban J connectivity index is 1.98. The van der Waals surface area contributed by atoms with Crippen LogP contribution in [-0.4, -0.2) is 20.3 Å². The second kappa shape index (κ2) is 4.50. The van der Waals surface area contributed by atoms with Crippen LogP contribution in [0.4, 0.5) is 0 Å². The highest BCUT2D eigenvalue weighted by Gasteiger charge is 2.20. The maximum absolute atomic E-state index is 5.16. The molecule has 0 aliphatic heterocycles. The highest BCUT2D eigenvalue weighted by Crippen LogP contribution is 2.24. The van der Waals surface area contributed by atoms with Crippen molar-refractivity contribution in [2.24, 2.45) is 0 Å². The van der Waals surface area contributed by atoms with Crippen molar-refractivity contribution in [3.05, 3.63) is 17.2 Å². The Hall–Kier alpha value is -0.950. The van der Waals surface area contributed by atoms with Gasteiger partial charge in [0.1, 0.15) is 5.51 Å². The number of nitrogens with zero attached hydrogens (tertiary/aromatic N) is 4. The van der Waals surface area contributed by atoms with E-state index in [-0.39, 0.29) is 5.41 Å². The lowest BCUT2D eigenvalue weighted by molar-refractivity contribution is 0.373. The molecule has 2 rings (SSSR count). The van der Waals surface area contributed by atoms with Crippen molar-refractivity contribution in [3.8, 4) is 0 Å². The second-order valence-corrected chi connectivity index (χ2v) is 6.31. The lowest BCUT2D eigenvalue weighted by Gasteiger charge is -2.10. The topological polar surface area (TPSA) is 64.7 Å². The van der Waals surface area contributed by atoms with Crippen molar-refractivity contribution in [1.82, 2.24) is 20.3 Å². The molecule has 0 N–H and O–H groups in total. The average molecular weight is 256 g/mol. The molecule has 7 heteroatoms. The van der Waals surface area contributed by atoms with Crippen molar-refractivity contribution >= 4 is 23.1 Å². The highest BCUT2D eigenvalue weighted by atomic mass is 32.2. The van der Waals surface area contributed by atoms with Crippen LogP contribution in [0.3, 0.4) is 0 Å². The van der Waals surface area contributed by atoms with Crippen molar-refractivity contribution in [2.75, 3.05) is 0 Å². The summed E-state index contributed by atoms with van der Waals surface area (Å²) < 4.78 is 6.08. The van der Waals surface area contributed by atoms with Crippen LogP contribution in [-0.2, 0) is 11.2 Å². The molecule has 0 unspecified atom stereocenters. The molecule has 0 spiro atoms. The zero-order valence-corrected chi connectivity index (χ0v) is 10.9. The van der Waals surface area contributed by atoms with E-state index in [9.17, 15) is 0 Å². The van der Waals surface area contributed by atoms with Crippen LogP contribution in [0.5, 0.6) is 0 Å². The molecule has 86 valence electrons. The summed E-state index contributed by atoms with van der Waals surface area (Å²) in [5.74, 6) is 2.00. The second-order valence-electron chi connectivity index (χ2n) is 4.26. The van der Waals surface area contributed by atoms with Crippen LogP contribution < -0.4 is 0 Å². The third-order valence-corrected chi connectivity index (χ3v) is 3.64. The predicted molar refractivity (Wildman–Crippen MR) is 62.5 cm³/mol. The van der Waals surface area contributed by atoms with E-state index in [1.807, 2.05) is 0 Å². The predicted octanol–water partition coefficient (Wildman–Crippen LogP) is 2.51. The van der Waals surface area contributed by atoms with Gasteiger partial charge in [-0.15, -0.1) is 10.2 Å². The summed E-state index contributed by atoms with van der Waals surface area (Å²) in [6, 6.07) is 0. The van der Waals surface area contributed by atoms with Crippen molar-refractivity contribution in [2.45, 2.75) is 36.3 Å². The van der Waals surface area contributed by atoms with E-state index < -0.39 is 0 Å². The quantitative estimate of drug-likeness (QED) is 0.786. The SMILES string of the molecule is CC(C)(C)c1noc(CSc2nncs2)n1. The number of hydrogen-bond donors (Lipinski definition) is 0. The third kappa shape index (κ3) is 2.79. The van der Waals surface area contributed by atoms with Crippen LogP contribution >= 0.6 is 23.1 Å². The minimum absolute atomic E-state index is 0.0743. The van der Waals surface area contributed by atoms with Gasteiger partial charge in [-0.05, 0) is 0 Å². The number of hydrogen-bond acceptors (Lipinski definition) is 7. The lowest BCUT2D eigenvalue weighted by Crippen LogP contribution is -2.13. The first-order valence-electron chi connectivity index (χ1n) is 4.78. The van der Waals surface area contributed by atoms with Gasteiger partial charge in [0.05, 0.1) is 5.75 Å². The summed E-state index contributed by atoms with van der Waals surface area (Å²) in [6.07, 6.45) is 0. The van der Waals surface area contributed by atoms with E-state index in [1.54, 1.807) is 17.3 Å². The summed E-state index contributed by atoms with van der Waals surface area (Å²) >= 11 is 3.06. The monoisotopic (exact) mass is 256 g/mol. The van der Waals surface area contributed by atoms with E-state index in [0.717, 1.165) is 10.2 Å². The molecular formula is C9H12N4OS2. The number of aromatic nitrogens is 4. The van der Waals surface area contributed by atoms with Gasteiger partial charge in [-0.3, -0.25) is 0 Å². The van der Waals surface area contributed by atoms with Crippen LogP contribution in [0.2, 0.25) is 0 Å². The first kappa shape index (κ1) is 11.5. The first-order chi connectivity index (χ1) is 7.55. The van der Waals surface area contributed by atoms with E-state index in [4.69, 9.17) is 4.52 Å². The maximum atomic E-state index is 5.16. The van der Waals surface area contributed by atoms with Crippen molar-refractivity contribution in [1.29, 1.82) is 0 Å². The molecule has 0 aliphatic carbocycles. The third-order valence-electron chi connectivity index (χ3n) is 1.80. The van der Waals surface area contributed by atoms with Gasteiger partial charge in [0.2, 0.25) is 5.89 Å². The molecule has 0 bridgehead atoms. The minimum atomic E-state index is -0.0743. The van der Waals surface area contributed by atoms with E-state index >= 15 is 0 Å². The molecule has 0 fully saturated rings. The van der Waals surface area contributed by atoms with Gasteiger partial charge < -0.3 is 4.52 Å². The molecule has 0 aliphatic rings. The van der Waals surface area contributed by atoms with E-state index in [2.05, 4.69) is 41.1 Å². The van der Waals surface area contributed by atoms with Crippen LogP contribution in [0.15, 0.2) is 14.4 Å². The van der Waals surface area contributed by atoms with Gasteiger partial charge in [-0.1, -0.05) is 49.0 Å². The molecule has 0 radical (unpaired) electrons. The maximum Gasteiger partial charge on any atom is 0.237 e. The van der Waals surface area contributed by atoms with Crippen molar-refractivity contribution < 1.29 is 4.52 Å². The molecule has 0 aromatic carbocycles. The van der Waals surface area contributed by atoms with Gasteiger partial charge in [-0.25, -0.2) is 0 Å². The molecule has 0 saturated carbocycles. The Bertz CT molecular complexity index is 446. The molecule has 2 heterocycles. The fourth-order valence-corrected chi connectivity index (χ4v) is 2.29. The molecule has 0 atom stereocenters. The molecule has 0 saturated heterocycles. The highest BCUT2D eigenvalue weighted by molar-refractivity contribution is 8.00. The molecular weight excluding hydrogens is 244 g/mol. The Morgan fingerprint density at radius 1 is 1.44 bits per heavy atom. The molecule has 2 aromatic rings. The summed E-state index contributed by atoms with van der Waals surface area (Å²) in [5, 5.41) is 11.6. The fraction of sp³-hybridized carbons (Fsp3) is 0.556. The minimum Gasteiger partial charge on any atom is -0.338 e. The zero-order chi connectivity index (χ0) is 11.6. The molecule has 16 heavy (non-hydrogen) atoms. The van der Waals surface area contributed by atoms with Crippen LogP contribution in [0.25, 0.3) is 0 Å². The van der Waals surface area contributed by atoms with Crippen LogP contribution in [0, 0.1) is 0 Å². The Labute approximate surface area is 102 Å². The average Bonchev–Trinajstić information content (AvgIpc) is 2.85. The zero-order valence-electron chi connectivity index (χ0n) is 9.30. The van der Waals surface area contributed by atoms with Gasteiger partial charge >= 0.3 is 0 Å². The number of rotatable bonds is 3. The lowest BCUT2D eigenvalue weighted by atomic mass is 9.96. The van der Waals surface area contributed by atoms with E-state index in [0.29, 0.717) is 11.6 Å². The summed E-state index contributed by atoms with van der Waals surface area (Å²) in [6.45, 7) is 6.17. The smallest absolute Gasteiger partial charge is 0.237 e. The molecule has 0 amide bonds. The summed E-state index contributed by atoms with van der Waals surface area (Å²) in [4.78, 5) is 4.34. The standard InChI is InChI=1S/C9H12N4OS2/c1-9(2,3)7-11-6(14-13-7)4-15-8-12-10-5-16-8/h5H,4H2,1-3H3. The van der Waals surface area contributed by atoms with Gasteiger partial charge in [0, 0.05) is 5.41 Å². The Kier molecular flexibility index (Phi) is 3.25. The Morgan fingerprint density at radius 2 is 2.25 bits per heavy atom. The molecule has 5 nitrogen and oxygen atoms in total. The van der Waals surface area contributed by atoms with Crippen molar-refractivity contribution in [3.63, 3.8) is 0 Å². The largest absolute Gasteiger partial charge is 0.338 e. The molecule has 2 aromatic heterocycles. The first-order valence-corrected chi connectivity index (χ1v) is 6.64. The normalized spacial score (nSPS) is 11.9. The summed E-state index contributed by atoms with van der Waals surface area (Å²) in [5.41, 5.74) is 1.63. The van der Waals surface area contributed by atoms with Gasteiger partial charge in [-0.2, -0.15) is 4.98 Å². The Morgan fingerprint density at radius 3 is 2.81 bits per heavy atom. The van der Waals surface area contributed by atoms with E-state index in [1.165, 1.54) is 11.3 Å². The number of thioether (sulfide) groups is 1. The van der Waals surface area contributed by atoms with Gasteiger partial charge in [0.15, 0.2) is 10.2 Å². The van der Waals surface area contributed by atoms with Crippen LogP contribution in [0.1, 0.15) is 32.5 Å². The fourth-order valence-electron chi connectivity index (χ4n) is 0.967.